The Labute approximate surface area is 181 Å². The largest absolute Gasteiger partial charge is 0.385 e. The van der Waals surface area contributed by atoms with Crippen LogP contribution >= 0.6 is 15.9 Å². The predicted molar refractivity (Wildman–Crippen MR) is 120 cm³/mol. The van der Waals surface area contributed by atoms with Crippen LogP contribution in [0.25, 0.3) is 0 Å². The molecule has 1 heterocycles. The molecule has 0 aliphatic heterocycles. The van der Waals surface area contributed by atoms with Crippen LogP contribution in [0.15, 0.2) is 71.3 Å². The third-order valence-corrected chi connectivity index (χ3v) is 5.51. The van der Waals surface area contributed by atoms with Crippen molar-refractivity contribution >= 4 is 21.8 Å². The van der Waals surface area contributed by atoms with E-state index in [1.807, 2.05) is 35.2 Å². The number of aryl methyl sites for hydroxylation is 1. The van der Waals surface area contributed by atoms with Crippen molar-refractivity contribution in [3.05, 3.63) is 93.7 Å². The van der Waals surface area contributed by atoms with Gasteiger partial charge in [0.05, 0.1) is 6.54 Å². The summed E-state index contributed by atoms with van der Waals surface area (Å²) >= 11 is 3.46. The maximum absolute atomic E-state index is 13.2. The van der Waals surface area contributed by atoms with Crippen molar-refractivity contribution in [2.24, 2.45) is 0 Å². The molecule has 152 valence electrons. The highest BCUT2D eigenvalue weighted by atomic mass is 79.9. The van der Waals surface area contributed by atoms with Crippen molar-refractivity contribution < 1.29 is 9.53 Å². The van der Waals surface area contributed by atoms with E-state index in [1.54, 1.807) is 7.11 Å². The summed E-state index contributed by atoms with van der Waals surface area (Å²) in [6.45, 7) is 4.77. The maximum Gasteiger partial charge on any atom is 0.254 e. The zero-order valence-electron chi connectivity index (χ0n) is 17.0. The van der Waals surface area contributed by atoms with Gasteiger partial charge in [0.15, 0.2) is 0 Å². The van der Waals surface area contributed by atoms with Crippen molar-refractivity contribution in [1.82, 2.24) is 9.47 Å². The summed E-state index contributed by atoms with van der Waals surface area (Å²) in [5.41, 5.74) is 4.37. The van der Waals surface area contributed by atoms with Crippen molar-refractivity contribution in [1.29, 1.82) is 0 Å². The number of carbonyl (C=O) groups is 1. The number of aromatic nitrogens is 1. The number of methoxy groups -OCH3 is 1. The lowest BCUT2D eigenvalue weighted by atomic mass is 10.1. The van der Waals surface area contributed by atoms with Crippen LogP contribution in [0.5, 0.6) is 0 Å². The topological polar surface area (TPSA) is 34.5 Å². The van der Waals surface area contributed by atoms with Gasteiger partial charge in [-0.1, -0.05) is 46.3 Å². The second-order valence-electron chi connectivity index (χ2n) is 7.14. The molecule has 0 atom stereocenters. The number of amides is 1. The van der Waals surface area contributed by atoms with Gasteiger partial charge in [0.2, 0.25) is 0 Å². The number of nitrogens with zero attached hydrogens (tertiary/aromatic N) is 2. The van der Waals surface area contributed by atoms with Gasteiger partial charge in [-0.05, 0) is 54.8 Å². The fraction of sp³-hybridized carbons (Fsp3) is 0.292. The van der Waals surface area contributed by atoms with Gasteiger partial charge in [-0.25, -0.2) is 0 Å². The third kappa shape index (κ3) is 5.81. The van der Waals surface area contributed by atoms with Crippen LogP contribution in [0.4, 0.5) is 0 Å². The van der Waals surface area contributed by atoms with E-state index < -0.39 is 0 Å². The highest BCUT2D eigenvalue weighted by molar-refractivity contribution is 9.10. The number of rotatable bonds is 9. The second-order valence-corrected chi connectivity index (χ2v) is 8.05. The summed E-state index contributed by atoms with van der Waals surface area (Å²) in [6, 6.07) is 20.1. The molecule has 0 fully saturated rings. The van der Waals surface area contributed by atoms with E-state index in [0.717, 1.165) is 23.1 Å². The van der Waals surface area contributed by atoms with E-state index in [1.165, 1.54) is 11.1 Å². The molecule has 0 N–H and O–H groups in total. The fourth-order valence-corrected chi connectivity index (χ4v) is 3.77. The fourth-order valence-electron chi connectivity index (χ4n) is 3.37. The molecule has 3 rings (SSSR count). The van der Waals surface area contributed by atoms with Crippen molar-refractivity contribution in [3.63, 3.8) is 0 Å². The molecule has 4 nitrogen and oxygen atoms in total. The second kappa shape index (κ2) is 10.4. The molecule has 0 spiro atoms. The lowest BCUT2D eigenvalue weighted by Crippen LogP contribution is -2.33. The number of benzene rings is 2. The molecule has 1 amide bonds. The first kappa shape index (κ1) is 21.3. The summed E-state index contributed by atoms with van der Waals surface area (Å²) in [5.74, 6) is 0.0334. The molecule has 0 saturated carbocycles. The number of carbonyl (C=O) groups excluding carboxylic acids is 1. The van der Waals surface area contributed by atoms with Gasteiger partial charge in [0.25, 0.3) is 5.91 Å². The van der Waals surface area contributed by atoms with Crippen LogP contribution < -0.4 is 0 Å². The van der Waals surface area contributed by atoms with Crippen LogP contribution in [0.3, 0.4) is 0 Å². The molecule has 3 aromatic rings. The van der Waals surface area contributed by atoms with Gasteiger partial charge in [-0.15, -0.1) is 0 Å². The summed E-state index contributed by atoms with van der Waals surface area (Å²) < 4.78 is 8.32. The number of halogens is 1. The van der Waals surface area contributed by atoms with Crippen LogP contribution in [0, 0.1) is 6.92 Å². The Balaban J connectivity index is 1.80. The number of ether oxygens (including phenoxy) is 1. The minimum absolute atomic E-state index is 0.0334. The van der Waals surface area contributed by atoms with Gasteiger partial charge >= 0.3 is 0 Å². The molecule has 0 bridgehead atoms. The smallest absolute Gasteiger partial charge is 0.254 e. The monoisotopic (exact) mass is 454 g/mol. The first-order valence-electron chi connectivity index (χ1n) is 9.81. The molecule has 29 heavy (non-hydrogen) atoms. The van der Waals surface area contributed by atoms with Gasteiger partial charge in [-0.2, -0.15) is 0 Å². The molecule has 2 aromatic carbocycles. The van der Waals surface area contributed by atoms with Crippen molar-refractivity contribution in [2.45, 2.75) is 26.4 Å². The molecular formula is C24H27BrN2O2. The van der Waals surface area contributed by atoms with Gasteiger partial charge in [0.1, 0.15) is 0 Å². The molecular weight excluding hydrogens is 428 g/mol. The van der Waals surface area contributed by atoms with E-state index in [2.05, 4.69) is 63.9 Å². The predicted octanol–water partition coefficient (Wildman–Crippen LogP) is 5.29. The van der Waals surface area contributed by atoms with E-state index in [4.69, 9.17) is 4.74 Å². The summed E-state index contributed by atoms with van der Waals surface area (Å²) in [5, 5.41) is 0. The highest BCUT2D eigenvalue weighted by Crippen LogP contribution is 2.17. The number of hydrogen-bond acceptors (Lipinski definition) is 2. The molecule has 5 heteroatoms. The van der Waals surface area contributed by atoms with Gasteiger partial charge in [-0.3, -0.25) is 4.79 Å². The molecule has 0 aliphatic rings. The highest BCUT2D eigenvalue weighted by Gasteiger charge is 2.18. The average Bonchev–Trinajstić information content (AvgIpc) is 3.15. The van der Waals surface area contributed by atoms with Gasteiger partial charge < -0.3 is 14.2 Å². The van der Waals surface area contributed by atoms with Crippen LogP contribution in [-0.2, 0) is 17.8 Å². The van der Waals surface area contributed by atoms with E-state index >= 15 is 0 Å². The molecule has 0 unspecified atom stereocenters. The Kier molecular flexibility index (Phi) is 7.67. The zero-order valence-corrected chi connectivity index (χ0v) is 18.6. The van der Waals surface area contributed by atoms with Crippen molar-refractivity contribution in [3.8, 4) is 0 Å². The standard InChI is InChI=1S/C24H27BrN2O2/c1-19-8-3-4-9-21(19)17-26-13-6-12-23(26)18-27(14-7-15-29-2)24(28)20-10-5-11-22(25)16-20/h3-6,8-13,16H,7,14-15,17-18H2,1-2H3. The molecule has 1 aromatic heterocycles. The Morgan fingerprint density at radius 1 is 1.10 bits per heavy atom. The minimum Gasteiger partial charge on any atom is -0.385 e. The Hall–Kier alpha value is -2.37. The van der Waals surface area contributed by atoms with Crippen molar-refractivity contribution in [2.75, 3.05) is 20.3 Å². The Morgan fingerprint density at radius 3 is 2.69 bits per heavy atom. The molecule has 0 saturated heterocycles. The van der Waals surface area contributed by atoms with E-state index in [-0.39, 0.29) is 5.91 Å². The Bertz CT molecular complexity index is 951. The minimum atomic E-state index is 0.0334. The quantitative estimate of drug-likeness (QED) is 0.411. The average molecular weight is 455 g/mol. The first-order valence-corrected chi connectivity index (χ1v) is 10.6. The first-order chi connectivity index (χ1) is 14.1. The zero-order chi connectivity index (χ0) is 20.6. The maximum atomic E-state index is 13.2. The van der Waals surface area contributed by atoms with E-state index in [9.17, 15) is 4.79 Å². The summed E-state index contributed by atoms with van der Waals surface area (Å²) in [7, 11) is 1.69. The summed E-state index contributed by atoms with van der Waals surface area (Å²) in [6.07, 6.45) is 2.88. The lowest BCUT2D eigenvalue weighted by Gasteiger charge is -2.24. The SMILES string of the molecule is COCCCN(Cc1cccn1Cc1ccccc1C)C(=O)c1cccc(Br)c1. The lowest BCUT2D eigenvalue weighted by molar-refractivity contribution is 0.0719. The normalized spacial score (nSPS) is 10.9. The number of hydrogen-bond donors (Lipinski definition) is 0. The molecule has 0 radical (unpaired) electrons. The summed E-state index contributed by atoms with van der Waals surface area (Å²) in [4.78, 5) is 15.1. The third-order valence-electron chi connectivity index (χ3n) is 5.01. The van der Waals surface area contributed by atoms with Crippen LogP contribution in [0.1, 0.15) is 33.6 Å². The van der Waals surface area contributed by atoms with Crippen LogP contribution in [0.2, 0.25) is 0 Å². The molecule has 0 aliphatic carbocycles. The van der Waals surface area contributed by atoms with Crippen LogP contribution in [-0.4, -0.2) is 35.6 Å². The van der Waals surface area contributed by atoms with E-state index in [0.29, 0.717) is 25.3 Å². The van der Waals surface area contributed by atoms with Gasteiger partial charge in [0, 0.05) is 48.7 Å². The Morgan fingerprint density at radius 2 is 1.93 bits per heavy atom.